The van der Waals surface area contributed by atoms with Crippen LogP contribution in [0.25, 0.3) is 0 Å². The van der Waals surface area contributed by atoms with E-state index in [-0.39, 0.29) is 17.8 Å². The standard InChI is InChI=1S/C14H15N3O3/c1-9-4-6-10(7-5-9)12(18)16-11-8-15-14(20-3)17-13(11)19-2/h4-8H,1-3H3,(H,16,18). The predicted molar refractivity (Wildman–Crippen MR) is 74.3 cm³/mol. The summed E-state index contributed by atoms with van der Waals surface area (Å²) in [6.45, 7) is 1.96. The second-order valence-electron chi connectivity index (χ2n) is 4.10. The van der Waals surface area contributed by atoms with Crippen LogP contribution in [0, 0.1) is 6.92 Å². The fourth-order valence-corrected chi connectivity index (χ4v) is 1.59. The highest BCUT2D eigenvalue weighted by molar-refractivity contribution is 6.04. The van der Waals surface area contributed by atoms with Gasteiger partial charge in [0.15, 0.2) is 0 Å². The molecule has 0 saturated carbocycles. The van der Waals surface area contributed by atoms with Gasteiger partial charge in [-0.3, -0.25) is 4.79 Å². The number of aromatic nitrogens is 2. The smallest absolute Gasteiger partial charge is 0.319 e. The Bertz CT molecular complexity index is 612. The first-order chi connectivity index (χ1) is 9.63. The van der Waals surface area contributed by atoms with Gasteiger partial charge in [0.2, 0.25) is 5.88 Å². The molecular formula is C14H15N3O3. The molecule has 0 aliphatic carbocycles. The van der Waals surface area contributed by atoms with Crippen molar-refractivity contribution in [1.82, 2.24) is 9.97 Å². The Balaban J connectivity index is 2.21. The molecule has 1 N–H and O–H groups in total. The molecule has 0 saturated heterocycles. The first-order valence-corrected chi connectivity index (χ1v) is 5.97. The number of hydrogen-bond donors (Lipinski definition) is 1. The van der Waals surface area contributed by atoms with Gasteiger partial charge in [-0.15, -0.1) is 0 Å². The lowest BCUT2D eigenvalue weighted by molar-refractivity contribution is 0.102. The lowest BCUT2D eigenvalue weighted by Gasteiger charge is -2.09. The molecule has 104 valence electrons. The molecule has 1 aromatic heterocycles. The Morgan fingerprint density at radius 2 is 1.85 bits per heavy atom. The first kappa shape index (κ1) is 13.8. The zero-order valence-electron chi connectivity index (χ0n) is 11.5. The monoisotopic (exact) mass is 273 g/mol. The molecule has 0 spiro atoms. The summed E-state index contributed by atoms with van der Waals surface area (Å²) < 4.78 is 10.00. The number of methoxy groups -OCH3 is 2. The third kappa shape index (κ3) is 3.03. The van der Waals surface area contributed by atoms with Crippen molar-refractivity contribution in [3.05, 3.63) is 41.6 Å². The minimum absolute atomic E-state index is 0.176. The van der Waals surface area contributed by atoms with Crippen molar-refractivity contribution in [2.45, 2.75) is 6.92 Å². The van der Waals surface area contributed by atoms with Gasteiger partial charge in [-0.05, 0) is 19.1 Å². The molecule has 0 bridgehead atoms. The highest BCUT2D eigenvalue weighted by atomic mass is 16.5. The van der Waals surface area contributed by atoms with Gasteiger partial charge in [0, 0.05) is 5.56 Å². The molecule has 0 aliphatic heterocycles. The minimum Gasteiger partial charge on any atom is -0.479 e. The van der Waals surface area contributed by atoms with Crippen molar-refractivity contribution in [3.8, 4) is 11.9 Å². The van der Waals surface area contributed by atoms with E-state index in [2.05, 4.69) is 15.3 Å². The number of nitrogens with zero attached hydrogens (tertiary/aromatic N) is 2. The van der Waals surface area contributed by atoms with Crippen LogP contribution in [0.15, 0.2) is 30.5 Å². The summed E-state index contributed by atoms with van der Waals surface area (Å²) in [7, 11) is 2.92. The lowest BCUT2D eigenvalue weighted by atomic mass is 10.1. The Labute approximate surface area is 116 Å². The number of hydrogen-bond acceptors (Lipinski definition) is 5. The SMILES string of the molecule is COc1ncc(NC(=O)c2ccc(C)cc2)c(OC)n1. The highest BCUT2D eigenvalue weighted by Crippen LogP contribution is 2.23. The summed E-state index contributed by atoms with van der Waals surface area (Å²) in [4.78, 5) is 20.0. The highest BCUT2D eigenvalue weighted by Gasteiger charge is 2.12. The summed E-state index contributed by atoms with van der Waals surface area (Å²) >= 11 is 0. The molecule has 1 heterocycles. The fourth-order valence-electron chi connectivity index (χ4n) is 1.59. The number of aryl methyl sites for hydroxylation is 1. The minimum atomic E-state index is -0.253. The van der Waals surface area contributed by atoms with Crippen molar-refractivity contribution < 1.29 is 14.3 Å². The van der Waals surface area contributed by atoms with E-state index in [1.54, 1.807) is 12.1 Å². The molecule has 0 unspecified atom stereocenters. The van der Waals surface area contributed by atoms with Crippen LogP contribution < -0.4 is 14.8 Å². The van der Waals surface area contributed by atoms with Crippen molar-refractivity contribution in [2.24, 2.45) is 0 Å². The van der Waals surface area contributed by atoms with Crippen LogP contribution in [0.1, 0.15) is 15.9 Å². The van der Waals surface area contributed by atoms with Crippen LogP contribution in [-0.2, 0) is 0 Å². The Kier molecular flexibility index (Phi) is 4.14. The van der Waals surface area contributed by atoms with Gasteiger partial charge < -0.3 is 14.8 Å². The van der Waals surface area contributed by atoms with Crippen molar-refractivity contribution >= 4 is 11.6 Å². The predicted octanol–water partition coefficient (Wildman–Crippen LogP) is 2.05. The van der Waals surface area contributed by atoms with E-state index >= 15 is 0 Å². The molecule has 1 aromatic carbocycles. The number of amides is 1. The van der Waals surface area contributed by atoms with E-state index in [1.165, 1.54) is 20.4 Å². The van der Waals surface area contributed by atoms with E-state index < -0.39 is 0 Å². The van der Waals surface area contributed by atoms with Gasteiger partial charge >= 0.3 is 6.01 Å². The maximum atomic E-state index is 12.1. The Hall–Kier alpha value is -2.63. The molecular weight excluding hydrogens is 258 g/mol. The molecule has 6 heteroatoms. The molecule has 0 radical (unpaired) electrons. The van der Waals surface area contributed by atoms with E-state index in [9.17, 15) is 4.79 Å². The summed E-state index contributed by atoms with van der Waals surface area (Å²) in [6, 6.07) is 7.42. The molecule has 0 atom stereocenters. The number of carbonyl (C=O) groups excluding carboxylic acids is 1. The van der Waals surface area contributed by atoms with E-state index in [4.69, 9.17) is 9.47 Å². The largest absolute Gasteiger partial charge is 0.479 e. The van der Waals surface area contributed by atoms with Crippen LogP contribution in [0.3, 0.4) is 0 Å². The molecule has 2 rings (SSSR count). The molecule has 6 nitrogen and oxygen atoms in total. The first-order valence-electron chi connectivity index (χ1n) is 5.97. The van der Waals surface area contributed by atoms with Gasteiger partial charge in [-0.2, -0.15) is 4.98 Å². The van der Waals surface area contributed by atoms with Gasteiger partial charge in [0.1, 0.15) is 5.69 Å². The molecule has 2 aromatic rings. The Morgan fingerprint density at radius 1 is 1.15 bits per heavy atom. The number of benzene rings is 1. The number of rotatable bonds is 4. The fraction of sp³-hybridized carbons (Fsp3) is 0.214. The third-order valence-electron chi connectivity index (χ3n) is 2.67. The summed E-state index contributed by atoms with van der Waals surface area (Å²) in [5, 5.41) is 2.70. The second kappa shape index (κ2) is 6.01. The lowest BCUT2D eigenvalue weighted by Crippen LogP contribution is -2.13. The van der Waals surface area contributed by atoms with E-state index in [1.807, 2.05) is 19.1 Å². The maximum Gasteiger partial charge on any atom is 0.319 e. The van der Waals surface area contributed by atoms with Crippen molar-refractivity contribution in [1.29, 1.82) is 0 Å². The van der Waals surface area contributed by atoms with Gasteiger partial charge in [0.05, 0.1) is 20.4 Å². The van der Waals surface area contributed by atoms with E-state index in [0.717, 1.165) is 5.56 Å². The summed E-state index contributed by atoms with van der Waals surface area (Å²) in [5.41, 5.74) is 2.03. The van der Waals surface area contributed by atoms with Crippen LogP contribution in [0.2, 0.25) is 0 Å². The van der Waals surface area contributed by atoms with Crippen molar-refractivity contribution in [2.75, 3.05) is 19.5 Å². The third-order valence-corrected chi connectivity index (χ3v) is 2.67. The van der Waals surface area contributed by atoms with Crippen molar-refractivity contribution in [3.63, 3.8) is 0 Å². The summed E-state index contributed by atoms with van der Waals surface area (Å²) in [5.74, 6) is -0.00521. The number of nitrogens with one attached hydrogen (secondary N) is 1. The van der Waals surface area contributed by atoms with E-state index in [0.29, 0.717) is 11.3 Å². The quantitative estimate of drug-likeness (QED) is 0.923. The zero-order valence-corrected chi connectivity index (χ0v) is 11.5. The second-order valence-corrected chi connectivity index (χ2v) is 4.10. The topological polar surface area (TPSA) is 73.3 Å². The molecule has 20 heavy (non-hydrogen) atoms. The van der Waals surface area contributed by atoms with Crippen LogP contribution >= 0.6 is 0 Å². The summed E-state index contributed by atoms with van der Waals surface area (Å²) in [6.07, 6.45) is 1.44. The average molecular weight is 273 g/mol. The van der Waals surface area contributed by atoms with Gasteiger partial charge in [-0.1, -0.05) is 17.7 Å². The molecule has 1 amide bonds. The maximum absolute atomic E-state index is 12.1. The Morgan fingerprint density at radius 3 is 2.45 bits per heavy atom. The molecule has 0 fully saturated rings. The normalized spacial score (nSPS) is 9.95. The van der Waals surface area contributed by atoms with Crippen LogP contribution in [0.4, 0.5) is 5.69 Å². The number of anilines is 1. The average Bonchev–Trinajstić information content (AvgIpc) is 2.48. The number of carbonyl (C=O) groups is 1. The zero-order chi connectivity index (χ0) is 14.5. The van der Waals surface area contributed by atoms with Crippen LogP contribution in [0.5, 0.6) is 11.9 Å². The van der Waals surface area contributed by atoms with Crippen LogP contribution in [-0.4, -0.2) is 30.1 Å². The molecule has 0 aliphatic rings. The van der Waals surface area contributed by atoms with Gasteiger partial charge in [-0.25, -0.2) is 4.98 Å². The van der Waals surface area contributed by atoms with Gasteiger partial charge in [0.25, 0.3) is 5.91 Å². The number of ether oxygens (including phenoxy) is 2.